The van der Waals surface area contributed by atoms with Gasteiger partial charge >= 0.3 is 12.1 Å². The molecule has 0 aromatic heterocycles. The third-order valence-corrected chi connectivity index (χ3v) is 3.12. The fraction of sp³-hybridized carbons (Fsp3) is 0.625. The molecule has 110 valence electrons. The molecule has 0 radical (unpaired) electrons. The van der Waals surface area contributed by atoms with Crippen molar-refractivity contribution >= 4 is 27.8 Å². The first kappa shape index (κ1) is 17.1. The molecule has 0 heterocycles. The molecule has 0 rings (SSSR count). The molecule has 0 aliphatic rings. The Balaban J connectivity index is 3.94. The number of ether oxygens (including phenoxy) is 1. The predicted octanol–water partition coefficient (Wildman–Crippen LogP) is -1.40. The topological polar surface area (TPSA) is 139 Å². The molecule has 0 saturated carbocycles. The summed E-state index contributed by atoms with van der Waals surface area (Å²) in [5, 5.41) is 12.0. The second-order valence-electron chi connectivity index (χ2n) is 3.28. The van der Waals surface area contributed by atoms with E-state index in [-0.39, 0.29) is 0 Å². The lowest BCUT2D eigenvalue weighted by atomic mass is 10.5. The van der Waals surface area contributed by atoms with E-state index in [1.165, 1.54) is 0 Å². The number of alkyl carbamates (subject to hydrolysis) is 1. The Morgan fingerprint density at radius 1 is 1.26 bits per heavy atom. The molecule has 9 nitrogen and oxygen atoms in total. The van der Waals surface area contributed by atoms with Gasteiger partial charge in [-0.05, 0) is 6.92 Å². The number of carboxylic acids is 1. The van der Waals surface area contributed by atoms with E-state index in [1.54, 1.807) is 0 Å². The van der Waals surface area contributed by atoms with E-state index >= 15 is 0 Å². The summed E-state index contributed by atoms with van der Waals surface area (Å²) >= 11 is 0. The molecular weight excluding hydrogens is 287 g/mol. The lowest BCUT2D eigenvalue weighted by Gasteiger charge is -2.08. The molecule has 0 aromatic carbocycles. The number of amides is 2. The van der Waals surface area contributed by atoms with Crippen LogP contribution in [-0.4, -0.2) is 56.0 Å². The van der Waals surface area contributed by atoms with Gasteiger partial charge < -0.3 is 20.5 Å². The largest absolute Gasteiger partial charge is 0.480 e. The van der Waals surface area contributed by atoms with Gasteiger partial charge in [0, 0.05) is 0 Å². The number of aliphatic carboxylic acids is 1. The van der Waals surface area contributed by atoms with E-state index in [4.69, 9.17) is 5.11 Å². The highest BCUT2D eigenvalue weighted by Gasteiger charge is 2.22. The Morgan fingerprint density at radius 2 is 1.84 bits per heavy atom. The maximum atomic E-state index is 12.5. The molecule has 0 spiro atoms. The first-order valence-corrected chi connectivity index (χ1v) is 6.61. The molecule has 2 amide bonds. The van der Waals surface area contributed by atoms with Crippen LogP contribution in [-0.2, 0) is 24.2 Å². The van der Waals surface area contributed by atoms with Crippen molar-refractivity contribution in [3.8, 4) is 0 Å². The minimum Gasteiger partial charge on any atom is -0.480 e. The van der Waals surface area contributed by atoms with Crippen molar-refractivity contribution in [1.29, 1.82) is 0 Å². The van der Waals surface area contributed by atoms with Gasteiger partial charge in [0.15, 0.2) is 5.94 Å². The number of hydrogen-bond donors (Lipinski definition) is 3. The lowest BCUT2D eigenvalue weighted by Crippen LogP contribution is -2.39. The fourth-order valence-electron chi connectivity index (χ4n) is 0.670. The number of carbonyl (C=O) groups is 3. The summed E-state index contributed by atoms with van der Waals surface area (Å²) in [6.07, 6.45) is -1.24. The van der Waals surface area contributed by atoms with Gasteiger partial charge in [0.05, 0.1) is 0 Å². The Kier molecular flexibility index (Phi) is 6.75. The summed E-state index contributed by atoms with van der Waals surface area (Å²) in [6, 6.07) is 0. The smallest absolute Gasteiger partial charge is 0.408 e. The summed E-state index contributed by atoms with van der Waals surface area (Å²) in [5.41, 5.74) is -2.18. The fourth-order valence-corrected chi connectivity index (χ4v) is 1.13. The highest BCUT2D eigenvalue weighted by atomic mass is 32.2. The molecule has 3 N–H and O–H groups in total. The van der Waals surface area contributed by atoms with Gasteiger partial charge in [-0.15, -0.1) is 0 Å². The van der Waals surface area contributed by atoms with Gasteiger partial charge in [0.25, 0.3) is 0 Å². The predicted molar refractivity (Wildman–Crippen MR) is 59.5 cm³/mol. The highest BCUT2D eigenvalue weighted by molar-refractivity contribution is 7.91. The van der Waals surface area contributed by atoms with Gasteiger partial charge in [-0.3, -0.25) is 9.59 Å². The van der Waals surface area contributed by atoms with E-state index in [2.05, 4.69) is 4.74 Å². The van der Waals surface area contributed by atoms with Crippen molar-refractivity contribution in [2.24, 2.45) is 0 Å². The Bertz CT molecular complexity index is 448. The van der Waals surface area contributed by atoms with Crippen LogP contribution in [0, 0.1) is 0 Å². The van der Waals surface area contributed by atoms with E-state index in [0.717, 1.165) is 6.92 Å². The number of carbonyl (C=O) groups excluding carboxylic acids is 2. The van der Waals surface area contributed by atoms with Crippen LogP contribution in [0.3, 0.4) is 0 Å². The molecule has 0 aromatic rings. The van der Waals surface area contributed by atoms with Crippen molar-refractivity contribution < 1.29 is 37.0 Å². The zero-order valence-electron chi connectivity index (χ0n) is 9.88. The molecule has 0 saturated heterocycles. The van der Waals surface area contributed by atoms with E-state index in [9.17, 15) is 27.2 Å². The number of sulfone groups is 1. The zero-order valence-corrected chi connectivity index (χ0v) is 10.7. The Hall–Kier alpha value is -1.91. The average Bonchev–Trinajstić information content (AvgIpc) is 2.31. The number of alkyl halides is 1. The number of rotatable bonds is 7. The summed E-state index contributed by atoms with van der Waals surface area (Å²) < 4.78 is 38.5. The maximum absolute atomic E-state index is 12.5. The third-order valence-electron chi connectivity index (χ3n) is 1.68. The SMILES string of the molecule is CC(F)S(=O)(=O)COC(=O)NCC(=O)NCC(=O)O. The van der Waals surface area contributed by atoms with Crippen LogP contribution in [0.4, 0.5) is 9.18 Å². The average molecular weight is 300 g/mol. The van der Waals surface area contributed by atoms with Crippen LogP contribution >= 0.6 is 0 Å². The minimum atomic E-state index is -4.18. The van der Waals surface area contributed by atoms with Crippen LogP contribution in [0.1, 0.15) is 6.92 Å². The van der Waals surface area contributed by atoms with Crippen molar-refractivity contribution in [3.63, 3.8) is 0 Å². The van der Waals surface area contributed by atoms with Crippen molar-refractivity contribution in [3.05, 3.63) is 0 Å². The van der Waals surface area contributed by atoms with E-state index < -0.39 is 52.3 Å². The summed E-state index contributed by atoms with van der Waals surface area (Å²) in [4.78, 5) is 32.0. The molecule has 1 unspecified atom stereocenters. The second kappa shape index (κ2) is 7.51. The van der Waals surface area contributed by atoms with Crippen LogP contribution in [0.5, 0.6) is 0 Å². The van der Waals surface area contributed by atoms with Gasteiger partial charge in [-0.25, -0.2) is 17.6 Å². The van der Waals surface area contributed by atoms with Crippen LogP contribution in [0.2, 0.25) is 0 Å². The quantitative estimate of drug-likeness (QED) is 0.525. The van der Waals surface area contributed by atoms with Crippen molar-refractivity contribution in [2.45, 2.75) is 12.4 Å². The lowest BCUT2D eigenvalue weighted by molar-refractivity contribution is -0.137. The zero-order chi connectivity index (χ0) is 15.1. The van der Waals surface area contributed by atoms with Gasteiger partial charge in [0.2, 0.25) is 21.2 Å². The molecule has 0 bridgehead atoms. The first-order chi connectivity index (χ1) is 8.65. The molecule has 1 atom stereocenters. The molecule has 0 fully saturated rings. The van der Waals surface area contributed by atoms with E-state index in [0.29, 0.717) is 0 Å². The summed E-state index contributed by atoms with van der Waals surface area (Å²) in [6.45, 7) is -0.448. The monoisotopic (exact) mass is 300 g/mol. The minimum absolute atomic E-state index is 0.600. The Morgan fingerprint density at radius 3 is 2.32 bits per heavy atom. The van der Waals surface area contributed by atoms with Crippen molar-refractivity contribution in [1.82, 2.24) is 10.6 Å². The van der Waals surface area contributed by atoms with E-state index in [1.807, 2.05) is 10.6 Å². The first-order valence-electron chi connectivity index (χ1n) is 4.90. The number of halogens is 1. The molecular formula is C8H13FN2O7S. The van der Waals surface area contributed by atoms with Crippen LogP contribution in [0.25, 0.3) is 0 Å². The molecule has 0 aliphatic heterocycles. The standard InChI is InChI=1S/C8H13FN2O7S/c1-5(9)19(16,17)4-18-8(15)11-2-6(12)10-3-7(13)14/h5H,2-4H2,1H3,(H,10,12)(H,11,15)(H,13,14). The normalized spacial score (nSPS) is 12.3. The summed E-state index contributed by atoms with van der Waals surface area (Å²) in [5.74, 6) is -3.23. The molecule has 19 heavy (non-hydrogen) atoms. The van der Waals surface area contributed by atoms with Crippen LogP contribution in [0.15, 0.2) is 0 Å². The Labute approximate surface area is 108 Å². The van der Waals surface area contributed by atoms with Gasteiger partial charge in [0.1, 0.15) is 13.1 Å². The third kappa shape index (κ3) is 7.91. The number of hydrogen-bond acceptors (Lipinski definition) is 6. The number of carboxylic acid groups (broad SMARTS) is 1. The molecule has 0 aliphatic carbocycles. The molecule has 11 heteroatoms. The summed E-state index contributed by atoms with van der Waals surface area (Å²) in [7, 11) is -4.18. The van der Waals surface area contributed by atoms with Crippen LogP contribution < -0.4 is 10.6 Å². The van der Waals surface area contributed by atoms with Gasteiger partial charge in [-0.2, -0.15) is 0 Å². The van der Waals surface area contributed by atoms with Gasteiger partial charge in [-0.1, -0.05) is 0 Å². The highest BCUT2D eigenvalue weighted by Crippen LogP contribution is 2.03. The second-order valence-corrected chi connectivity index (χ2v) is 5.49. The number of nitrogens with one attached hydrogen (secondary N) is 2. The maximum Gasteiger partial charge on any atom is 0.408 e. The van der Waals surface area contributed by atoms with Crippen molar-refractivity contribution in [2.75, 3.05) is 19.0 Å².